The van der Waals surface area contributed by atoms with Crippen molar-refractivity contribution in [2.24, 2.45) is 0 Å². The van der Waals surface area contributed by atoms with Gasteiger partial charge in [-0.25, -0.2) is 0 Å². The van der Waals surface area contributed by atoms with Crippen LogP contribution in [0.2, 0.25) is 0 Å². The summed E-state index contributed by atoms with van der Waals surface area (Å²) in [6.07, 6.45) is 4.05. The maximum atomic E-state index is 5.32. The number of ether oxygens (including phenoxy) is 1. The first kappa shape index (κ1) is 6.56. The Balaban J connectivity index is 2.40. The molecule has 0 radical (unpaired) electrons. The van der Waals surface area contributed by atoms with Gasteiger partial charge in [-0.1, -0.05) is 18.2 Å². The van der Waals surface area contributed by atoms with Crippen LogP contribution in [0.15, 0.2) is 24.8 Å². The minimum Gasteiger partial charge on any atom is -0.374 e. The molecule has 9 heavy (non-hydrogen) atoms. The summed E-state index contributed by atoms with van der Waals surface area (Å²) in [5.41, 5.74) is 1.28. The van der Waals surface area contributed by atoms with Crippen LogP contribution in [0.1, 0.15) is 12.8 Å². The molecule has 1 heteroatoms. The van der Waals surface area contributed by atoms with Gasteiger partial charge in [-0.15, -0.1) is 6.58 Å². The normalized spacial score (nSPS) is 28.0. The second-order valence-corrected chi connectivity index (χ2v) is 2.35. The van der Waals surface area contributed by atoms with E-state index in [0.29, 0.717) is 0 Å². The quantitative estimate of drug-likeness (QED) is 0.485. The predicted molar refractivity (Wildman–Crippen MR) is 38.3 cm³/mol. The van der Waals surface area contributed by atoms with E-state index in [4.69, 9.17) is 4.74 Å². The molecule has 1 heterocycles. The molecule has 1 nitrogen and oxygen atoms in total. The van der Waals surface area contributed by atoms with Crippen LogP contribution in [-0.2, 0) is 4.74 Å². The summed E-state index contributed by atoms with van der Waals surface area (Å²) in [6.45, 7) is 8.35. The monoisotopic (exact) mass is 124 g/mol. The molecule has 0 aliphatic carbocycles. The fourth-order valence-electron chi connectivity index (χ4n) is 0.952. The van der Waals surface area contributed by atoms with Crippen LogP contribution in [0.3, 0.4) is 0 Å². The van der Waals surface area contributed by atoms with E-state index in [1.165, 1.54) is 5.57 Å². The van der Waals surface area contributed by atoms with Gasteiger partial charge < -0.3 is 4.74 Å². The van der Waals surface area contributed by atoms with Crippen molar-refractivity contribution in [3.05, 3.63) is 24.8 Å². The van der Waals surface area contributed by atoms with Gasteiger partial charge in [0.15, 0.2) is 0 Å². The fourth-order valence-corrected chi connectivity index (χ4v) is 0.952. The van der Waals surface area contributed by atoms with Gasteiger partial charge in [0.05, 0.1) is 12.7 Å². The van der Waals surface area contributed by atoms with Crippen LogP contribution in [-0.4, -0.2) is 12.7 Å². The van der Waals surface area contributed by atoms with Gasteiger partial charge in [0.25, 0.3) is 0 Å². The van der Waals surface area contributed by atoms with Gasteiger partial charge in [-0.05, 0) is 12.8 Å². The standard InChI is InChI=1S/C8H12O/c1-3-8-6-7(2)4-5-9-8/h3,8H,1-2,4-6H2/t8-/m1/s1. The first-order valence-electron chi connectivity index (χ1n) is 3.23. The molecule has 0 unspecified atom stereocenters. The smallest absolute Gasteiger partial charge is 0.0790 e. The number of hydrogen-bond acceptors (Lipinski definition) is 1. The Bertz CT molecular complexity index is 127. The Morgan fingerprint density at radius 1 is 1.67 bits per heavy atom. The zero-order valence-corrected chi connectivity index (χ0v) is 5.60. The molecule has 0 aromatic carbocycles. The first-order valence-corrected chi connectivity index (χ1v) is 3.23. The lowest BCUT2D eigenvalue weighted by Crippen LogP contribution is -2.17. The van der Waals surface area contributed by atoms with E-state index in [2.05, 4.69) is 13.2 Å². The maximum Gasteiger partial charge on any atom is 0.0790 e. The fraction of sp³-hybridized carbons (Fsp3) is 0.500. The average molecular weight is 124 g/mol. The highest BCUT2D eigenvalue weighted by molar-refractivity contribution is 5.02. The highest BCUT2D eigenvalue weighted by atomic mass is 16.5. The Morgan fingerprint density at radius 2 is 2.44 bits per heavy atom. The lowest BCUT2D eigenvalue weighted by atomic mass is 10.0. The molecule has 0 saturated carbocycles. The Labute approximate surface area is 56.0 Å². The van der Waals surface area contributed by atoms with Crippen molar-refractivity contribution in [2.75, 3.05) is 6.61 Å². The van der Waals surface area contributed by atoms with E-state index >= 15 is 0 Å². The third-order valence-electron chi connectivity index (χ3n) is 1.54. The predicted octanol–water partition coefficient (Wildman–Crippen LogP) is 1.91. The molecule has 0 amide bonds. The Hall–Kier alpha value is -0.560. The van der Waals surface area contributed by atoms with Gasteiger partial charge in [0, 0.05) is 0 Å². The molecule has 1 rings (SSSR count). The first-order chi connectivity index (χ1) is 4.33. The van der Waals surface area contributed by atoms with Gasteiger partial charge in [0.2, 0.25) is 0 Å². The van der Waals surface area contributed by atoms with E-state index in [-0.39, 0.29) is 6.10 Å². The average Bonchev–Trinajstić information content (AvgIpc) is 1.88. The third-order valence-corrected chi connectivity index (χ3v) is 1.54. The van der Waals surface area contributed by atoms with Gasteiger partial charge in [-0.2, -0.15) is 0 Å². The van der Waals surface area contributed by atoms with Crippen molar-refractivity contribution in [3.8, 4) is 0 Å². The van der Waals surface area contributed by atoms with E-state index in [1.54, 1.807) is 0 Å². The summed E-state index contributed by atoms with van der Waals surface area (Å²) in [7, 11) is 0. The molecule has 0 aromatic rings. The molecular formula is C8H12O. The molecule has 0 N–H and O–H groups in total. The molecule has 1 saturated heterocycles. The summed E-state index contributed by atoms with van der Waals surface area (Å²) >= 11 is 0. The molecule has 0 aromatic heterocycles. The third kappa shape index (κ3) is 1.68. The van der Waals surface area contributed by atoms with E-state index in [0.717, 1.165) is 19.4 Å². The second kappa shape index (κ2) is 2.83. The second-order valence-electron chi connectivity index (χ2n) is 2.35. The van der Waals surface area contributed by atoms with Crippen molar-refractivity contribution >= 4 is 0 Å². The van der Waals surface area contributed by atoms with E-state index in [1.807, 2.05) is 6.08 Å². The van der Waals surface area contributed by atoms with E-state index in [9.17, 15) is 0 Å². The molecule has 0 bridgehead atoms. The minimum atomic E-state index is 0.228. The Morgan fingerprint density at radius 3 is 2.89 bits per heavy atom. The SMILES string of the molecule is C=C[C@@H]1CC(=C)CCO1. The number of hydrogen-bond donors (Lipinski definition) is 0. The van der Waals surface area contributed by atoms with Gasteiger partial charge >= 0.3 is 0 Å². The maximum absolute atomic E-state index is 5.32. The largest absolute Gasteiger partial charge is 0.374 e. The van der Waals surface area contributed by atoms with Crippen molar-refractivity contribution in [1.82, 2.24) is 0 Å². The molecule has 1 fully saturated rings. The molecule has 50 valence electrons. The van der Waals surface area contributed by atoms with Crippen molar-refractivity contribution in [1.29, 1.82) is 0 Å². The number of rotatable bonds is 1. The molecular weight excluding hydrogens is 112 g/mol. The van der Waals surface area contributed by atoms with Crippen LogP contribution < -0.4 is 0 Å². The lowest BCUT2D eigenvalue weighted by molar-refractivity contribution is 0.0679. The van der Waals surface area contributed by atoms with Crippen molar-refractivity contribution < 1.29 is 4.74 Å². The molecule has 0 spiro atoms. The van der Waals surface area contributed by atoms with Crippen LogP contribution in [0.25, 0.3) is 0 Å². The molecule has 1 aliphatic heterocycles. The highest BCUT2D eigenvalue weighted by Gasteiger charge is 2.11. The van der Waals surface area contributed by atoms with Gasteiger partial charge in [-0.3, -0.25) is 0 Å². The topological polar surface area (TPSA) is 9.23 Å². The van der Waals surface area contributed by atoms with Crippen molar-refractivity contribution in [2.45, 2.75) is 18.9 Å². The zero-order chi connectivity index (χ0) is 6.69. The Kier molecular flexibility index (Phi) is 2.06. The van der Waals surface area contributed by atoms with Crippen LogP contribution in [0.5, 0.6) is 0 Å². The summed E-state index contributed by atoms with van der Waals surface area (Å²) in [5.74, 6) is 0. The van der Waals surface area contributed by atoms with Gasteiger partial charge in [0.1, 0.15) is 0 Å². The summed E-state index contributed by atoms with van der Waals surface area (Å²) < 4.78 is 5.32. The zero-order valence-electron chi connectivity index (χ0n) is 5.60. The highest BCUT2D eigenvalue weighted by Crippen LogP contribution is 2.17. The minimum absolute atomic E-state index is 0.228. The summed E-state index contributed by atoms with van der Waals surface area (Å²) in [5, 5.41) is 0. The van der Waals surface area contributed by atoms with Crippen LogP contribution >= 0.6 is 0 Å². The van der Waals surface area contributed by atoms with Crippen molar-refractivity contribution in [3.63, 3.8) is 0 Å². The lowest BCUT2D eigenvalue weighted by Gasteiger charge is -2.20. The van der Waals surface area contributed by atoms with Crippen LogP contribution in [0, 0.1) is 0 Å². The van der Waals surface area contributed by atoms with E-state index < -0.39 is 0 Å². The summed E-state index contributed by atoms with van der Waals surface area (Å²) in [4.78, 5) is 0. The summed E-state index contributed by atoms with van der Waals surface area (Å²) in [6, 6.07) is 0. The van der Waals surface area contributed by atoms with Crippen LogP contribution in [0.4, 0.5) is 0 Å². The molecule has 1 atom stereocenters. The molecule has 1 aliphatic rings.